The first kappa shape index (κ1) is 22.6. The summed E-state index contributed by atoms with van der Waals surface area (Å²) in [5, 5.41) is 7.52. The number of hydrogen-bond acceptors (Lipinski definition) is 8. The third kappa shape index (κ3) is 6.23. The summed E-state index contributed by atoms with van der Waals surface area (Å²) in [4.78, 5) is 16.1. The smallest absolute Gasteiger partial charge is 0.250 e. The third-order valence-electron chi connectivity index (χ3n) is 6.10. The van der Waals surface area contributed by atoms with Gasteiger partial charge in [-0.05, 0) is 61.9 Å². The number of rotatable bonds is 8. The van der Waals surface area contributed by atoms with E-state index in [0.29, 0.717) is 29.5 Å². The molecule has 178 valence electrons. The molecule has 2 aromatic heterocycles. The Morgan fingerprint density at radius 1 is 0.943 bits per heavy atom. The predicted molar refractivity (Wildman–Crippen MR) is 139 cm³/mol. The molecule has 1 aliphatic heterocycles. The predicted octanol–water partition coefficient (Wildman–Crippen LogP) is 5.42. The Morgan fingerprint density at radius 3 is 2.46 bits per heavy atom. The van der Waals surface area contributed by atoms with Crippen molar-refractivity contribution in [1.29, 1.82) is 0 Å². The van der Waals surface area contributed by atoms with Gasteiger partial charge in [-0.15, -0.1) is 0 Å². The highest BCUT2D eigenvalue weighted by Crippen LogP contribution is 2.25. The van der Waals surface area contributed by atoms with Gasteiger partial charge in [-0.25, -0.2) is 5.43 Å². The molecule has 35 heavy (non-hydrogen) atoms. The van der Waals surface area contributed by atoms with E-state index in [1.807, 2.05) is 24.3 Å². The van der Waals surface area contributed by atoms with E-state index in [9.17, 15) is 0 Å². The van der Waals surface area contributed by atoms with Crippen molar-refractivity contribution in [2.24, 2.45) is 11.0 Å². The summed E-state index contributed by atoms with van der Waals surface area (Å²) in [7, 11) is 0. The Balaban J connectivity index is 1.31. The maximum Gasteiger partial charge on any atom is 0.250 e. The Bertz CT molecular complexity index is 1230. The number of benzene rings is 2. The fourth-order valence-electron chi connectivity index (χ4n) is 4.18. The van der Waals surface area contributed by atoms with Gasteiger partial charge in [-0.2, -0.15) is 20.1 Å². The molecule has 0 spiro atoms. The van der Waals surface area contributed by atoms with Crippen LogP contribution in [-0.2, 0) is 6.42 Å². The van der Waals surface area contributed by atoms with Gasteiger partial charge in [0.1, 0.15) is 5.76 Å². The fraction of sp³-hybridized carbons (Fsp3) is 0.259. The molecule has 2 N–H and O–H groups in total. The summed E-state index contributed by atoms with van der Waals surface area (Å²) in [5.74, 6) is 2.80. The fourth-order valence-corrected chi connectivity index (χ4v) is 4.18. The molecule has 5 rings (SSSR count). The standard InChI is InChI=1S/C27H29N7O/c1-20-9-11-23(12-10-20)29-25-30-26(33-28-19-24-8-5-17-35-24)32-27(31-25)34-15-13-22(14-16-34)18-21-6-3-2-4-7-21/h2-12,17,19,22H,13-16,18H2,1H3,(H2,29,30,31,32,33)/b28-19-. The topological polar surface area (TPSA) is 91.5 Å². The van der Waals surface area contributed by atoms with Gasteiger partial charge in [-0.3, -0.25) is 0 Å². The maximum absolute atomic E-state index is 5.29. The van der Waals surface area contributed by atoms with E-state index >= 15 is 0 Å². The lowest BCUT2D eigenvalue weighted by atomic mass is 9.90. The Hall–Kier alpha value is -4.20. The van der Waals surface area contributed by atoms with Crippen molar-refractivity contribution in [3.05, 3.63) is 89.9 Å². The highest BCUT2D eigenvalue weighted by Gasteiger charge is 2.22. The number of furan rings is 1. The molecule has 3 heterocycles. The van der Waals surface area contributed by atoms with Crippen molar-refractivity contribution >= 4 is 29.7 Å². The first-order valence-corrected chi connectivity index (χ1v) is 11.9. The molecule has 8 heteroatoms. The van der Waals surface area contributed by atoms with Gasteiger partial charge in [-0.1, -0.05) is 48.0 Å². The largest absolute Gasteiger partial charge is 0.463 e. The van der Waals surface area contributed by atoms with E-state index in [1.165, 1.54) is 11.1 Å². The van der Waals surface area contributed by atoms with Crippen LogP contribution in [0.5, 0.6) is 0 Å². The molecule has 1 fully saturated rings. The molecule has 0 radical (unpaired) electrons. The summed E-state index contributed by atoms with van der Waals surface area (Å²) in [6, 6.07) is 22.5. The number of anilines is 4. The molecule has 2 aromatic carbocycles. The number of piperidine rings is 1. The van der Waals surface area contributed by atoms with Gasteiger partial charge in [0.15, 0.2) is 0 Å². The molecular weight excluding hydrogens is 438 g/mol. The minimum atomic E-state index is 0.374. The first-order chi connectivity index (χ1) is 17.2. The quantitative estimate of drug-likeness (QED) is 0.264. The lowest BCUT2D eigenvalue weighted by molar-refractivity contribution is 0.400. The zero-order valence-corrected chi connectivity index (χ0v) is 19.8. The van der Waals surface area contributed by atoms with Gasteiger partial charge >= 0.3 is 0 Å². The average Bonchev–Trinajstić information content (AvgIpc) is 3.40. The molecule has 0 atom stereocenters. The molecule has 1 saturated heterocycles. The number of nitrogens with one attached hydrogen (secondary N) is 2. The van der Waals surface area contributed by atoms with Crippen LogP contribution in [0, 0.1) is 12.8 Å². The lowest BCUT2D eigenvalue weighted by Crippen LogP contribution is -2.35. The molecule has 1 aliphatic rings. The molecule has 8 nitrogen and oxygen atoms in total. The molecule has 0 bridgehead atoms. The van der Waals surface area contributed by atoms with Gasteiger partial charge in [0, 0.05) is 18.8 Å². The lowest BCUT2D eigenvalue weighted by Gasteiger charge is -2.32. The molecule has 4 aromatic rings. The molecule has 0 saturated carbocycles. The summed E-state index contributed by atoms with van der Waals surface area (Å²) in [5.41, 5.74) is 6.43. The van der Waals surface area contributed by atoms with Crippen molar-refractivity contribution < 1.29 is 4.42 Å². The van der Waals surface area contributed by atoms with Gasteiger partial charge in [0.2, 0.25) is 17.8 Å². The number of aromatic nitrogens is 3. The van der Waals surface area contributed by atoms with Crippen LogP contribution in [-0.4, -0.2) is 34.3 Å². The maximum atomic E-state index is 5.29. The van der Waals surface area contributed by atoms with E-state index < -0.39 is 0 Å². The molecule has 0 aliphatic carbocycles. The van der Waals surface area contributed by atoms with Crippen LogP contribution < -0.4 is 15.6 Å². The van der Waals surface area contributed by atoms with E-state index in [0.717, 1.165) is 38.0 Å². The Labute approximate surface area is 205 Å². The second kappa shape index (κ2) is 10.8. The summed E-state index contributed by atoms with van der Waals surface area (Å²) < 4.78 is 5.29. The van der Waals surface area contributed by atoms with Gasteiger partial charge in [0.05, 0.1) is 12.5 Å². The van der Waals surface area contributed by atoms with E-state index in [1.54, 1.807) is 12.5 Å². The Morgan fingerprint density at radius 2 is 1.71 bits per heavy atom. The van der Waals surface area contributed by atoms with Crippen molar-refractivity contribution in [2.45, 2.75) is 26.2 Å². The van der Waals surface area contributed by atoms with Crippen LogP contribution >= 0.6 is 0 Å². The highest BCUT2D eigenvalue weighted by atomic mass is 16.3. The van der Waals surface area contributed by atoms with Gasteiger partial charge < -0.3 is 14.6 Å². The van der Waals surface area contributed by atoms with Crippen molar-refractivity contribution in [3.63, 3.8) is 0 Å². The number of nitrogens with zero attached hydrogens (tertiary/aromatic N) is 5. The molecule has 0 amide bonds. The summed E-state index contributed by atoms with van der Waals surface area (Å²) in [6.45, 7) is 3.87. The van der Waals surface area contributed by atoms with Crippen LogP contribution in [0.2, 0.25) is 0 Å². The number of hydrazone groups is 1. The van der Waals surface area contributed by atoms with Crippen LogP contribution in [0.25, 0.3) is 0 Å². The second-order valence-electron chi connectivity index (χ2n) is 8.78. The van der Waals surface area contributed by atoms with Crippen LogP contribution in [0.15, 0.2) is 82.5 Å². The summed E-state index contributed by atoms with van der Waals surface area (Å²) >= 11 is 0. The SMILES string of the molecule is Cc1ccc(Nc2nc(N/N=C\c3ccco3)nc(N3CCC(Cc4ccccc4)CC3)n2)cc1. The van der Waals surface area contributed by atoms with Crippen LogP contribution in [0.1, 0.15) is 29.7 Å². The van der Waals surface area contributed by atoms with Crippen molar-refractivity contribution in [2.75, 3.05) is 28.7 Å². The Kier molecular flexibility index (Phi) is 6.98. The monoisotopic (exact) mass is 467 g/mol. The van der Waals surface area contributed by atoms with Crippen LogP contribution in [0.4, 0.5) is 23.5 Å². The zero-order valence-electron chi connectivity index (χ0n) is 19.8. The third-order valence-corrected chi connectivity index (χ3v) is 6.10. The van der Waals surface area contributed by atoms with Gasteiger partial charge in [0.25, 0.3) is 0 Å². The van der Waals surface area contributed by atoms with Crippen LogP contribution in [0.3, 0.4) is 0 Å². The summed E-state index contributed by atoms with van der Waals surface area (Å²) in [6.07, 6.45) is 6.50. The van der Waals surface area contributed by atoms with Crippen molar-refractivity contribution in [1.82, 2.24) is 15.0 Å². The van der Waals surface area contributed by atoms with E-state index in [4.69, 9.17) is 9.40 Å². The van der Waals surface area contributed by atoms with E-state index in [2.05, 4.69) is 80.1 Å². The number of aryl methyl sites for hydroxylation is 1. The zero-order chi connectivity index (χ0) is 23.9. The van der Waals surface area contributed by atoms with E-state index in [-0.39, 0.29) is 0 Å². The normalized spacial score (nSPS) is 14.4. The minimum Gasteiger partial charge on any atom is -0.463 e. The van der Waals surface area contributed by atoms with Crippen molar-refractivity contribution in [3.8, 4) is 0 Å². The highest BCUT2D eigenvalue weighted by molar-refractivity contribution is 5.76. The second-order valence-corrected chi connectivity index (χ2v) is 8.78. The first-order valence-electron chi connectivity index (χ1n) is 11.9. The average molecular weight is 468 g/mol. The number of hydrogen-bond donors (Lipinski definition) is 2. The molecular formula is C27H29N7O. The minimum absolute atomic E-state index is 0.374. The molecule has 0 unspecified atom stereocenters.